The molecular weight excluding hydrogens is 343 g/mol. The summed E-state index contributed by atoms with van der Waals surface area (Å²) in [6, 6.07) is 16.6. The minimum atomic E-state index is -0.383. The third-order valence-corrected chi connectivity index (χ3v) is 4.71. The summed E-state index contributed by atoms with van der Waals surface area (Å²) in [5, 5.41) is 14.5. The number of nitrogens with zero attached hydrogens (tertiary/aromatic N) is 2. The molecule has 0 unspecified atom stereocenters. The van der Waals surface area contributed by atoms with E-state index in [9.17, 15) is 9.50 Å². The molecule has 0 saturated heterocycles. The normalized spacial score (nSPS) is 17.6. The van der Waals surface area contributed by atoms with Gasteiger partial charge in [0.05, 0.1) is 11.8 Å². The van der Waals surface area contributed by atoms with E-state index < -0.39 is 0 Å². The van der Waals surface area contributed by atoms with Crippen LogP contribution >= 0.6 is 0 Å². The summed E-state index contributed by atoms with van der Waals surface area (Å²) in [6.45, 7) is 3.93. The van der Waals surface area contributed by atoms with E-state index in [1.165, 1.54) is 12.1 Å². The lowest BCUT2D eigenvalue weighted by Crippen LogP contribution is -2.37. The third-order valence-electron chi connectivity index (χ3n) is 4.71. The Morgan fingerprint density at radius 2 is 1.93 bits per heavy atom. The zero-order chi connectivity index (χ0) is 19.1. The molecule has 0 spiro atoms. The zero-order valence-corrected chi connectivity index (χ0v) is 15.7. The molecule has 0 radical (unpaired) electrons. The van der Waals surface area contributed by atoms with Crippen LogP contribution in [0.4, 0.5) is 4.39 Å². The van der Waals surface area contributed by atoms with Crippen LogP contribution in [0.5, 0.6) is 0 Å². The quantitative estimate of drug-likeness (QED) is 0.726. The van der Waals surface area contributed by atoms with Gasteiger partial charge in [0.1, 0.15) is 11.9 Å². The third kappa shape index (κ3) is 5.88. The van der Waals surface area contributed by atoms with Gasteiger partial charge in [0.15, 0.2) is 0 Å². The van der Waals surface area contributed by atoms with Crippen molar-refractivity contribution in [2.75, 3.05) is 13.1 Å². The highest BCUT2D eigenvalue weighted by Gasteiger charge is 2.25. The Labute approximate surface area is 160 Å². The first-order chi connectivity index (χ1) is 13.1. The van der Waals surface area contributed by atoms with E-state index in [1.54, 1.807) is 12.1 Å². The molecule has 1 heterocycles. The van der Waals surface area contributed by atoms with Gasteiger partial charge in [-0.3, -0.25) is 4.90 Å². The van der Waals surface area contributed by atoms with Crippen molar-refractivity contribution >= 4 is 5.71 Å². The first-order valence-electron chi connectivity index (χ1n) is 9.57. The van der Waals surface area contributed by atoms with E-state index in [2.05, 4.69) is 17.0 Å². The van der Waals surface area contributed by atoms with Gasteiger partial charge in [-0.05, 0) is 29.7 Å². The average Bonchev–Trinajstić information content (AvgIpc) is 3.13. The van der Waals surface area contributed by atoms with Gasteiger partial charge >= 0.3 is 0 Å². The second-order valence-corrected chi connectivity index (χ2v) is 7.10. The van der Waals surface area contributed by atoms with Crippen LogP contribution in [0.2, 0.25) is 0 Å². The second kappa shape index (κ2) is 9.62. The Balaban J connectivity index is 1.61. The zero-order valence-electron chi connectivity index (χ0n) is 15.7. The number of aliphatic hydroxyl groups is 1. The van der Waals surface area contributed by atoms with Crippen LogP contribution in [-0.2, 0) is 11.4 Å². The lowest BCUT2D eigenvalue weighted by atomic mass is 10.0. The first-order valence-corrected chi connectivity index (χ1v) is 9.57. The SMILES string of the molecule is CCC[C@@H](O)CN(Cc1ccc(F)cc1)C[C@H]1CC(c2ccccc2)=NO1. The fraction of sp³-hybridized carbons (Fsp3) is 0.409. The molecule has 144 valence electrons. The largest absolute Gasteiger partial charge is 0.392 e. The lowest BCUT2D eigenvalue weighted by Gasteiger charge is -2.27. The van der Waals surface area contributed by atoms with Crippen molar-refractivity contribution in [2.45, 2.75) is 44.9 Å². The molecular formula is C22H27FN2O2. The van der Waals surface area contributed by atoms with Crippen LogP contribution in [0.3, 0.4) is 0 Å². The monoisotopic (exact) mass is 370 g/mol. The number of benzene rings is 2. The molecule has 1 aliphatic rings. The summed E-state index contributed by atoms with van der Waals surface area (Å²) in [6.07, 6.45) is 2.01. The highest BCUT2D eigenvalue weighted by molar-refractivity contribution is 6.01. The lowest BCUT2D eigenvalue weighted by molar-refractivity contribution is 0.0305. The topological polar surface area (TPSA) is 45.1 Å². The van der Waals surface area contributed by atoms with Crippen molar-refractivity contribution in [3.8, 4) is 0 Å². The van der Waals surface area contributed by atoms with Crippen molar-refractivity contribution in [3.05, 3.63) is 71.5 Å². The van der Waals surface area contributed by atoms with Crippen LogP contribution in [-0.4, -0.2) is 41.0 Å². The maximum Gasteiger partial charge on any atom is 0.145 e. The van der Waals surface area contributed by atoms with Crippen LogP contribution < -0.4 is 0 Å². The maximum absolute atomic E-state index is 13.2. The highest BCUT2D eigenvalue weighted by atomic mass is 19.1. The molecule has 3 rings (SSSR count). The summed E-state index contributed by atoms with van der Waals surface area (Å²) in [4.78, 5) is 7.82. The highest BCUT2D eigenvalue weighted by Crippen LogP contribution is 2.19. The van der Waals surface area contributed by atoms with Gasteiger partial charge in [-0.1, -0.05) is 61.0 Å². The molecule has 4 nitrogen and oxygen atoms in total. The molecule has 27 heavy (non-hydrogen) atoms. The van der Waals surface area contributed by atoms with E-state index in [0.29, 0.717) is 19.6 Å². The van der Waals surface area contributed by atoms with Gasteiger partial charge in [0.2, 0.25) is 0 Å². The molecule has 5 heteroatoms. The van der Waals surface area contributed by atoms with E-state index in [-0.39, 0.29) is 18.0 Å². The Kier molecular flexibility index (Phi) is 6.96. The Morgan fingerprint density at radius 1 is 1.19 bits per heavy atom. The van der Waals surface area contributed by atoms with E-state index >= 15 is 0 Å². The van der Waals surface area contributed by atoms with Gasteiger partial charge in [-0.15, -0.1) is 0 Å². The number of rotatable bonds is 9. The van der Waals surface area contributed by atoms with Crippen molar-refractivity contribution in [2.24, 2.45) is 5.16 Å². The van der Waals surface area contributed by atoms with E-state index in [4.69, 9.17) is 4.84 Å². The molecule has 2 atom stereocenters. The molecule has 1 N–H and O–H groups in total. The molecule has 0 fully saturated rings. The fourth-order valence-corrected chi connectivity index (χ4v) is 3.39. The van der Waals surface area contributed by atoms with Gasteiger partial charge in [-0.2, -0.15) is 0 Å². The average molecular weight is 370 g/mol. The Bertz CT molecular complexity index is 734. The van der Waals surface area contributed by atoms with Crippen LogP contribution in [0.15, 0.2) is 59.8 Å². The molecule has 2 aromatic rings. The van der Waals surface area contributed by atoms with Crippen molar-refractivity contribution < 1.29 is 14.3 Å². The molecule has 0 bridgehead atoms. The molecule has 0 amide bonds. The molecule has 0 saturated carbocycles. The Morgan fingerprint density at radius 3 is 2.63 bits per heavy atom. The minimum absolute atomic E-state index is 0.0468. The fourth-order valence-electron chi connectivity index (χ4n) is 3.39. The van der Waals surface area contributed by atoms with Gasteiger partial charge < -0.3 is 9.94 Å². The van der Waals surface area contributed by atoms with Crippen LogP contribution in [0, 0.1) is 5.82 Å². The van der Waals surface area contributed by atoms with Crippen LogP contribution in [0.25, 0.3) is 0 Å². The van der Waals surface area contributed by atoms with Crippen molar-refractivity contribution in [3.63, 3.8) is 0 Å². The maximum atomic E-state index is 13.2. The number of hydrogen-bond acceptors (Lipinski definition) is 4. The van der Waals surface area contributed by atoms with Gasteiger partial charge in [0, 0.05) is 26.1 Å². The summed E-state index contributed by atoms with van der Waals surface area (Å²) < 4.78 is 13.2. The number of oxime groups is 1. The number of halogens is 1. The predicted octanol–water partition coefficient (Wildman–Crippen LogP) is 3.98. The van der Waals surface area contributed by atoms with Crippen LogP contribution in [0.1, 0.15) is 37.3 Å². The van der Waals surface area contributed by atoms with Crippen molar-refractivity contribution in [1.29, 1.82) is 0 Å². The second-order valence-electron chi connectivity index (χ2n) is 7.10. The minimum Gasteiger partial charge on any atom is -0.392 e. The van der Waals surface area contributed by atoms with Gasteiger partial charge in [-0.25, -0.2) is 4.39 Å². The summed E-state index contributed by atoms with van der Waals surface area (Å²) in [5.41, 5.74) is 3.05. The standard InChI is InChI=1S/C22H27FN2O2/c1-2-6-20(26)15-25(14-17-9-11-19(23)12-10-17)16-21-13-22(24-27-21)18-7-4-3-5-8-18/h3-5,7-12,20-21,26H,2,6,13-16H2,1H3/t20-,21-/m1/s1. The number of hydrogen-bond donors (Lipinski definition) is 1. The smallest absolute Gasteiger partial charge is 0.145 e. The number of aliphatic hydroxyl groups excluding tert-OH is 1. The molecule has 0 aliphatic carbocycles. The molecule has 2 aromatic carbocycles. The first kappa shape index (κ1) is 19.5. The van der Waals surface area contributed by atoms with Gasteiger partial charge in [0.25, 0.3) is 0 Å². The Hall–Kier alpha value is -2.24. The molecule has 0 aromatic heterocycles. The van der Waals surface area contributed by atoms with Crippen molar-refractivity contribution in [1.82, 2.24) is 4.90 Å². The predicted molar refractivity (Wildman–Crippen MR) is 105 cm³/mol. The summed E-state index contributed by atoms with van der Waals surface area (Å²) in [7, 11) is 0. The summed E-state index contributed by atoms with van der Waals surface area (Å²) >= 11 is 0. The van der Waals surface area contributed by atoms with E-state index in [0.717, 1.165) is 36.1 Å². The summed E-state index contributed by atoms with van der Waals surface area (Å²) in [5.74, 6) is -0.239. The van der Waals surface area contributed by atoms with E-state index in [1.807, 2.05) is 30.3 Å². The molecule has 1 aliphatic heterocycles.